The zero-order chi connectivity index (χ0) is 25.9. The van der Waals surface area contributed by atoms with E-state index in [1.54, 1.807) is 54.7 Å². The number of hydrogen-bond acceptors (Lipinski definition) is 6. The Morgan fingerprint density at radius 3 is 2.16 bits per heavy atom. The lowest BCUT2D eigenvalue weighted by atomic mass is 10.0. The quantitative estimate of drug-likeness (QED) is 0.402. The molecule has 0 spiro atoms. The molecule has 1 unspecified atom stereocenters. The first kappa shape index (κ1) is 24.4. The number of aromatic nitrogens is 2. The number of primary amides is 1. The standard InChI is InChI=1S/C28H27N5O4/c29-26(34)25(22-12-6-7-13-30-22)32-16-14-31(15-17-32)18-23-24(28(36)37)20-10-4-5-11-21(20)27(35)33(23)19-8-2-1-3-9-19/h1-13,25H,14-18H2,(H2,29,34)(H,36,37). The SMILES string of the molecule is NC(=O)C(c1ccccn1)N1CCN(Cc2c(C(=O)O)c3ccccc3c(=O)n2-c2ccccc2)CC1. The van der Waals surface area contributed by atoms with Crippen molar-refractivity contribution in [2.24, 2.45) is 5.73 Å². The second kappa shape index (κ2) is 10.3. The van der Waals surface area contributed by atoms with Crippen LogP contribution in [0.15, 0.2) is 83.8 Å². The van der Waals surface area contributed by atoms with E-state index < -0.39 is 17.9 Å². The fourth-order valence-electron chi connectivity index (χ4n) is 5.08. The summed E-state index contributed by atoms with van der Waals surface area (Å²) in [4.78, 5) is 46.9. The molecule has 1 fully saturated rings. The third-order valence-corrected chi connectivity index (χ3v) is 6.80. The van der Waals surface area contributed by atoms with Crippen molar-refractivity contribution in [1.82, 2.24) is 19.4 Å². The maximum atomic E-state index is 13.6. The van der Waals surface area contributed by atoms with Crippen LogP contribution in [0.3, 0.4) is 0 Å². The number of piperazine rings is 1. The van der Waals surface area contributed by atoms with Gasteiger partial charge in [0.15, 0.2) is 0 Å². The minimum atomic E-state index is -1.08. The van der Waals surface area contributed by atoms with Gasteiger partial charge in [0.2, 0.25) is 5.91 Å². The van der Waals surface area contributed by atoms with Crippen LogP contribution in [0.5, 0.6) is 0 Å². The highest BCUT2D eigenvalue weighted by Crippen LogP contribution is 2.26. The van der Waals surface area contributed by atoms with Gasteiger partial charge in [-0.2, -0.15) is 0 Å². The van der Waals surface area contributed by atoms with Gasteiger partial charge in [0.25, 0.3) is 5.56 Å². The lowest BCUT2D eigenvalue weighted by Gasteiger charge is -2.38. The van der Waals surface area contributed by atoms with Gasteiger partial charge < -0.3 is 10.8 Å². The normalized spacial score (nSPS) is 15.5. The van der Waals surface area contributed by atoms with Crippen molar-refractivity contribution in [2.75, 3.05) is 26.2 Å². The number of nitrogens with two attached hydrogens (primary N) is 1. The summed E-state index contributed by atoms with van der Waals surface area (Å²) >= 11 is 0. The second-order valence-corrected chi connectivity index (χ2v) is 9.02. The molecule has 4 aromatic rings. The highest BCUT2D eigenvalue weighted by Gasteiger charge is 2.31. The molecule has 0 aliphatic carbocycles. The Bertz CT molecular complexity index is 1500. The van der Waals surface area contributed by atoms with E-state index in [0.717, 1.165) is 0 Å². The molecule has 5 rings (SSSR count). The smallest absolute Gasteiger partial charge is 0.338 e. The van der Waals surface area contributed by atoms with E-state index in [4.69, 9.17) is 5.73 Å². The van der Waals surface area contributed by atoms with E-state index >= 15 is 0 Å². The summed E-state index contributed by atoms with van der Waals surface area (Å²) in [6.07, 6.45) is 1.64. The highest BCUT2D eigenvalue weighted by atomic mass is 16.4. The summed E-state index contributed by atoms with van der Waals surface area (Å²) in [6, 6.07) is 20.7. The summed E-state index contributed by atoms with van der Waals surface area (Å²) in [6.45, 7) is 2.46. The van der Waals surface area contributed by atoms with Crippen LogP contribution in [0.25, 0.3) is 16.5 Å². The van der Waals surface area contributed by atoms with Crippen molar-refractivity contribution < 1.29 is 14.7 Å². The number of carboxylic acids is 1. The molecule has 1 aliphatic heterocycles. The largest absolute Gasteiger partial charge is 0.478 e. The van der Waals surface area contributed by atoms with Crippen molar-refractivity contribution in [3.05, 3.63) is 106 Å². The Kier molecular flexibility index (Phi) is 6.80. The Balaban J connectivity index is 1.50. The molecule has 2 aromatic heterocycles. The van der Waals surface area contributed by atoms with Crippen LogP contribution < -0.4 is 11.3 Å². The predicted molar refractivity (Wildman–Crippen MR) is 140 cm³/mol. The third-order valence-electron chi connectivity index (χ3n) is 6.80. The number of rotatable bonds is 7. The average molecular weight is 498 g/mol. The summed E-state index contributed by atoms with van der Waals surface area (Å²) in [5.74, 6) is -1.55. The molecule has 1 atom stereocenters. The summed E-state index contributed by atoms with van der Waals surface area (Å²) in [7, 11) is 0. The van der Waals surface area contributed by atoms with Gasteiger partial charge in [0.1, 0.15) is 6.04 Å². The number of aromatic carboxylic acids is 1. The van der Waals surface area contributed by atoms with Crippen molar-refractivity contribution in [2.45, 2.75) is 12.6 Å². The Hall–Kier alpha value is -4.34. The van der Waals surface area contributed by atoms with Crippen LogP contribution in [-0.4, -0.2) is 62.5 Å². The van der Waals surface area contributed by atoms with E-state index in [1.807, 2.05) is 29.2 Å². The van der Waals surface area contributed by atoms with Gasteiger partial charge in [-0.05, 0) is 30.3 Å². The van der Waals surface area contributed by atoms with Gasteiger partial charge in [-0.25, -0.2) is 4.79 Å². The van der Waals surface area contributed by atoms with E-state index in [-0.39, 0.29) is 17.7 Å². The topological polar surface area (TPSA) is 122 Å². The molecule has 37 heavy (non-hydrogen) atoms. The van der Waals surface area contributed by atoms with Crippen LogP contribution in [0, 0.1) is 0 Å². The molecule has 3 heterocycles. The predicted octanol–water partition coefficient (Wildman–Crippen LogP) is 2.43. The van der Waals surface area contributed by atoms with Gasteiger partial charge >= 0.3 is 5.97 Å². The molecular formula is C28H27N5O4. The molecule has 1 aliphatic rings. The van der Waals surface area contributed by atoms with Gasteiger partial charge in [-0.1, -0.05) is 42.5 Å². The third kappa shape index (κ3) is 4.74. The molecule has 2 aromatic carbocycles. The number of pyridine rings is 2. The molecule has 0 radical (unpaired) electrons. The van der Waals surface area contributed by atoms with Crippen molar-refractivity contribution in [1.29, 1.82) is 0 Å². The maximum absolute atomic E-state index is 13.6. The molecule has 188 valence electrons. The van der Waals surface area contributed by atoms with E-state index in [2.05, 4.69) is 9.88 Å². The molecule has 1 saturated heterocycles. The molecule has 9 heteroatoms. The molecule has 0 bridgehead atoms. The molecule has 0 saturated carbocycles. The summed E-state index contributed by atoms with van der Waals surface area (Å²) in [5, 5.41) is 11.0. The van der Waals surface area contributed by atoms with Crippen LogP contribution in [0.2, 0.25) is 0 Å². The zero-order valence-electron chi connectivity index (χ0n) is 20.2. The number of carboxylic acid groups (broad SMARTS) is 1. The van der Waals surface area contributed by atoms with Crippen LogP contribution >= 0.6 is 0 Å². The molecule has 1 amide bonds. The number of para-hydroxylation sites is 1. The number of amides is 1. The Labute approximate surface area is 213 Å². The fourth-order valence-corrected chi connectivity index (χ4v) is 5.08. The van der Waals surface area contributed by atoms with Crippen molar-refractivity contribution >= 4 is 22.6 Å². The average Bonchev–Trinajstić information content (AvgIpc) is 2.91. The van der Waals surface area contributed by atoms with Gasteiger partial charge in [0.05, 0.1) is 17.0 Å². The maximum Gasteiger partial charge on any atom is 0.338 e. The number of fused-ring (bicyclic) bond motifs is 1. The summed E-state index contributed by atoms with van der Waals surface area (Å²) < 4.78 is 1.51. The van der Waals surface area contributed by atoms with Gasteiger partial charge in [0, 0.05) is 55.4 Å². The first-order valence-corrected chi connectivity index (χ1v) is 12.1. The van der Waals surface area contributed by atoms with Crippen LogP contribution in [0.1, 0.15) is 27.8 Å². The lowest BCUT2D eigenvalue weighted by molar-refractivity contribution is -0.124. The first-order chi connectivity index (χ1) is 18.0. The van der Waals surface area contributed by atoms with E-state index in [9.17, 15) is 19.5 Å². The number of carbonyl (C=O) groups is 2. The molecule has 9 nitrogen and oxygen atoms in total. The molecular weight excluding hydrogens is 470 g/mol. The van der Waals surface area contributed by atoms with Crippen LogP contribution in [0.4, 0.5) is 0 Å². The zero-order valence-corrected chi connectivity index (χ0v) is 20.2. The number of carbonyl (C=O) groups excluding carboxylic acids is 1. The Morgan fingerprint density at radius 2 is 1.54 bits per heavy atom. The molecule has 3 N–H and O–H groups in total. The van der Waals surface area contributed by atoms with Gasteiger partial charge in [-0.3, -0.25) is 28.9 Å². The van der Waals surface area contributed by atoms with Gasteiger partial charge in [-0.15, -0.1) is 0 Å². The number of nitrogens with zero attached hydrogens (tertiary/aromatic N) is 4. The fraction of sp³-hybridized carbons (Fsp3) is 0.214. The monoisotopic (exact) mass is 497 g/mol. The van der Waals surface area contributed by atoms with Crippen LogP contribution in [-0.2, 0) is 11.3 Å². The Morgan fingerprint density at radius 1 is 0.892 bits per heavy atom. The first-order valence-electron chi connectivity index (χ1n) is 12.1. The number of benzene rings is 2. The summed E-state index contributed by atoms with van der Waals surface area (Å²) in [5.41, 5.74) is 7.22. The second-order valence-electron chi connectivity index (χ2n) is 9.02. The van der Waals surface area contributed by atoms with Crippen molar-refractivity contribution in [3.63, 3.8) is 0 Å². The minimum absolute atomic E-state index is 0.116. The number of hydrogen-bond donors (Lipinski definition) is 2. The van der Waals surface area contributed by atoms with Crippen molar-refractivity contribution in [3.8, 4) is 5.69 Å². The minimum Gasteiger partial charge on any atom is -0.478 e. The highest BCUT2D eigenvalue weighted by molar-refractivity contribution is 6.04. The lowest BCUT2D eigenvalue weighted by Crippen LogP contribution is -2.50. The van der Waals surface area contributed by atoms with E-state index in [1.165, 1.54) is 4.57 Å². The van der Waals surface area contributed by atoms with E-state index in [0.29, 0.717) is 54.0 Å².